The number of ether oxygens (including phenoxy) is 1. The Kier molecular flexibility index (Phi) is 7.85. The number of hydrogen-bond acceptors (Lipinski definition) is 5. The summed E-state index contributed by atoms with van der Waals surface area (Å²) in [6, 6.07) is 8.16. The number of amides is 1. The summed E-state index contributed by atoms with van der Waals surface area (Å²) in [7, 11) is 0. The first kappa shape index (κ1) is 22.7. The van der Waals surface area contributed by atoms with Crippen molar-refractivity contribution in [3.8, 4) is 10.6 Å². The van der Waals surface area contributed by atoms with Crippen LogP contribution in [0.3, 0.4) is 0 Å². The molecular formula is C21H26F3N3O2S. The zero-order chi connectivity index (χ0) is 21.6. The number of thiazole rings is 1. The van der Waals surface area contributed by atoms with Crippen LogP contribution >= 0.6 is 11.3 Å². The molecule has 1 aromatic carbocycles. The van der Waals surface area contributed by atoms with Crippen LogP contribution in [0.15, 0.2) is 29.6 Å². The third-order valence-electron chi connectivity index (χ3n) is 4.94. The zero-order valence-corrected chi connectivity index (χ0v) is 17.8. The van der Waals surface area contributed by atoms with Gasteiger partial charge in [-0.1, -0.05) is 29.8 Å². The largest absolute Gasteiger partial charge is 0.411 e. The molecule has 1 saturated heterocycles. The van der Waals surface area contributed by atoms with Gasteiger partial charge in [-0.25, -0.2) is 4.98 Å². The number of halogens is 3. The normalized spacial score (nSPS) is 15.5. The van der Waals surface area contributed by atoms with E-state index in [1.54, 1.807) is 0 Å². The summed E-state index contributed by atoms with van der Waals surface area (Å²) in [6.45, 7) is 4.29. The fourth-order valence-corrected chi connectivity index (χ4v) is 4.11. The summed E-state index contributed by atoms with van der Waals surface area (Å²) in [6.07, 6.45) is -3.44. The van der Waals surface area contributed by atoms with Crippen molar-refractivity contribution >= 4 is 17.2 Å². The van der Waals surface area contributed by atoms with Gasteiger partial charge in [-0.2, -0.15) is 13.2 Å². The minimum Gasteiger partial charge on any atom is -0.372 e. The molecule has 164 valence electrons. The molecule has 2 heterocycles. The summed E-state index contributed by atoms with van der Waals surface area (Å²) < 4.78 is 40.7. The van der Waals surface area contributed by atoms with Crippen molar-refractivity contribution in [2.45, 2.75) is 25.9 Å². The van der Waals surface area contributed by atoms with Crippen LogP contribution in [0.5, 0.6) is 0 Å². The number of carbonyl (C=O) groups is 1. The van der Waals surface area contributed by atoms with E-state index in [2.05, 4.69) is 14.6 Å². The molecule has 1 aliphatic heterocycles. The Balaban J connectivity index is 1.38. The molecule has 1 amide bonds. The van der Waals surface area contributed by atoms with Crippen LogP contribution in [0.25, 0.3) is 10.6 Å². The van der Waals surface area contributed by atoms with Crippen molar-refractivity contribution in [2.24, 2.45) is 0 Å². The van der Waals surface area contributed by atoms with Gasteiger partial charge in [0.05, 0.1) is 12.1 Å². The standard InChI is InChI=1S/C21H26F3N3O2S/c1-16-3-5-17(6-4-16)20-25-18(14-30-20)13-19(28)27-10-8-26(9-11-27)7-2-12-29-15-21(22,23)24/h3-6,14H,2,7-13,15H2,1H3. The van der Waals surface area contributed by atoms with Gasteiger partial charge in [-0.15, -0.1) is 11.3 Å². The quantitative estimate of drug-likeness (QED) is 0.585. The molecule has 0 saturated carbocycles. The minimum absolute atomic E-state index is 0.0592. The molecule has 9 heteroatoms. The zero-order valence-electron chi connectivity index (χ0n) is 17.0. The summed E-state index contributed by atoms with van der Waals surface area (Å²) in [5, 5.41) is 2.85. The molecule has 1 aromatic heterocycles. The van der Waals surface area contributed by atoms with Gasteiger partial charge in [0.15, 0.2) is 0 Å². The van der Waals surface area contributed by atoms with E-state index in [-0.39, 0.29) is 18.9 Å². The van der Waals surface area contributed by atoms with E-state index in [0.29, 0.717) is 26.1 Å². The lowest BCUT2D eigenvalue weighted by molar-refractivity contribution is -0.174. The predicted octanol–water partition coefficient (Wildman–Crippen LogP) is 3.77. The van der Waals surface area contributed by atoms with Gasteiger partial charge in [0.1, 0.15) is 11.6 Å². The molecule has 0 spiro atoms. The second-order valence-electron chi connectivity index (χ2n) is 7.43. The van der Waals surface area contributed by atoms with Gasteiger partial charge in [-0.05, 0) is 13.3 Å². The van der Waals surface area contributed by atoms with Crippen LogP contribution in [-0.2, 0) is 16.0 Å². The number of nitrogens with zero attached hydrogens (tertiary/aromatic N) is 3. The average molecular weight is 442 g/mol. The van der Waals surface area contributed by atoms with Crippen LogP contribution in [-0.4, -0.2) is 72.8 Å². The Morgan fingerprint density at radius 1 is 1.17 bits per heavy atom. The SMILES string of the molecule is Cc1ccc(-c2nc(CC(=O)N3CCN(CCCOCC(F)(F)F)CC3)cs2)cc1. The van der Waals surface area contributed by atoms with E-state index in [0.717, 1.165) is 29.4 Å². The molecule has 0 radical (unpaired) electrons. The Labute approximate surface area is 178 Å². The number of piperazine rings is 1. The number of aryl methyl sites for hydroxylation is 1. The highest BCUT2D eigenvalue weighted by atomic mass is 32.1. The van der Waals surface area contributed by atoms with E-state index < -0.39 is 12.8 Å². The fourth-order valence-electron chi connectivity index (χ4n) is 3.28. The monoisotopic (exact) mass is 441 g/mol. The van der Waals surface area contributed by atoms with Gasteiger partial charge in [-0.3, -0.25) is 9.69 Å². The summed E-state index contributed by atoms with van der Waals surface area (Å²) in [5.74, 6) is 0.0592. The Morgan fingerprint density at radius 2 is 1.87 bits per heavy atom. The molecule has 0 aliphatic carbocycles. The van der Waals surface area contributed by atoms with Crippen molar-refractivity contribution in [3.05, 3.63) is 40.9 Å². The molecule has 0 bridgehead atoms. The van der Waals surface area contributed by atoms with E-state index in [4.69, 9.17) is 0 Å². The first-order valence-electron chi connectivity index (χ1n) is 9.96. The van der Waals surface area contributed by atoms with Crippen LogP contribution in [0, 0.1) is 6.92 Å². The highest BCUT2D eigenvalue weighted by Gasteiger charge is 2.27. The van der Waals surface area contributed by atoms with Crippen molar-refractivity contribution < 1.29 is 22.7 Å². The van der Waals surface area contributed by atoms with Gasteiger partial charge in [0.25, 0.3) is 0 Å². The first-order valence-corrected chi connectivity index (χ1v) is 10.8. The molecule has 2 aromatic rings. The van der Waals surface area contributed by atoms with Gasteiger partial charge >= 0.3 is 6.18 Å². The Hall–Kier alpha value is -1.97. The molecule has 30 heavy (non-hydrogen) atoms. The van der Waals surface area contributed by atoms with Crippen molar-refractivity contribution in [1.29, 1.82) is 0 Å². The molecule has 0 N–H and O–H groups in total. The van der Waals surface area contributed by atoms with Crippen LogP contribution in [0.2, 0.25) is 0 Å². The number of aromatic nitrogens is 1. The topological polar surface area (TPSA) is 45.7 Å². The Morgan fingerprint density at radius 3 is 2.53 bits per heavy atom. The van der Waals surface area contributed by atoms with Crippen molar-refractivity contribution in [3.63, 3.8) is 0 Å². The number of carbonyl (C=O) groups excluding carboxylic acids is 1. The van der Waals surface area contributed by atoms with E-state index in [1.807, 2.05) is 41.5 Å². The molecular weight excluding hydrogens is 415 g/mol. The van der Waals surface area contributed by atoms with Crippen molar-refractivity contribution in [2.75, 3.05) is 45.9 Å². The van der Waals surface area contributed by atoms with E-state index >= 15 is 0 Å². The smallest absolute Gasteiger partial charge is 0.372 e. The van der Waals surface area contributed by atoms with Crippen LogP contribution in [0.1, 0.15) is 17.7 Å². The molecule has 1 fully saturated rings. The number of alkyl halides is 3. The summed E-state index contributed by atoms with van der Waals surface area (Å²) in [5.41, 5.74) is 3.03. The lowest BCUT2D eigenvalue weighted by atomic mass is 10.2. The number of hydrogen-bond donors (Lipinski definition) is 0. The maximum Gasteiger partial charge on any atom is 0.411 e. The molecule has 1 aliphatic rings. The number of rotatable bonds is 8. The maximum absolute atomic E-state index is 12.6. The van der Waals surface area contributed by atoms with Gasteiger partial charge in [0.2, 0.25) is 5.91 Å². The van der Waals surface area contributed by atoms with Crippen LogP contribution in [0.4, 0.5) is 13.2 Å². The third-order valence-corrected chi connectivity index (χ3v) is 5.88. The molecule has 0 atom stereocenters. The van der Waals surface area contributed by atoms with E-state index in [1.165, 1.54) is 16.9 Å². The molecule has 5 nitrogen and oxygen atoms in total. The fraction of sp³-hybridized carbons (Fsp3) is 0.524. The van der Waals surface area contributed by atoms with Gasteiger partial charge in [0, 0.05) is 50.3 Å². The minimum atomic E-state index is -4.27. The van der Waals surface area contributed by atoms with Gasteiger partial charge < -0.3 is 9.64 Å². The highest BCUT2D eigenvalue weighted by Crippen LogP contribution is 2.24. The molecule has 0 unspecified atom stereocenters. The summed E-state index contributed by atoms with van der Waals surface area (Å²) >= 11 is 1.54. The maximum atomic E-state index is 12.6. The van der Waals surface area contributed by atoms with E-state index in [9.17, 15) is 18.0 Å². The lowest BCUT2D eigenvalue weighted by Gasteiger charge is -2.34. The number of benzene rings is 1. The Bertz CT molecular complexity index is 816. The van der Waals surface area contributed by atoms with Crippen molar-refractivity contribution in [1.82, 2.24) is 14.8 Å². The second kappa shape index (κ2) is 10.4. The second-order valence-corrected chi connectivity index (χ2v) is 8.29. The lowest BCUT2D eigenvalue weighted by Crippen LogP contribution is -2.49. The molecule has 3 rings (SSSR count). The summed E-state index contributed by atoms with van der Waals surface area (Å²) in [4.78, 5) is 21.2. The average Bonchev–Trinajstić information content (AvgIpc) is 3.16. The highest BCUT2D eigenvalue weighted by molar-refractivity contribution is 7.13. The van der Waals surface area contributed by atoms with Crippen LogP contribution < -0.4 is 0 Å². The first-order chi connectivity index (χ1) is 14.3. The predicted molar refractivity (Wildman–Crippen MR) is 111 cm³/mol. The third kappa shape index (κ3) is 7.07.